The smallest absolute Gasteiger partial charge is 0.276 e. The van der Waals surface area contributed by atoms with Gasteiger partial charge in [-0.25, -0.2) is 4.99 Å². The van der Waals surface area contributed by atoms with Crippen molar-refractivity contribution in [3.63, 3.8) is 0 Å². The number of carbonyl (C=O) groups is 1. The molecule has 0 unspecified atom stereocenters. The van der Waals surface area contributed by atoms with Crippen LogP contribution in [0.1, 0.15) is 28.9 Å². The topological polar surface area (TPSA) is 65.1 Å². The van der Waals surface area contributed by atoms with Gasteiger partial charge in [0, 0.05) is 25.5 Å². The molecular weight excluding hydrogens is 254 g/mol. The minimum absolute atomic E-state index is 0.264. The van der Waals surface area contributed by atoms with E-state index in [9.17, 15) is 4.79 Å². The second kappa shape index (κ2) is 5.03. The van der Waals surface area contributed by atoms with Gasteiger partial charge in [0.2, 0.25) is 0 Å². The fourth-order valence-corrected chi connectivity index (χ4v) is 2.05. The average molecular weight is 271 g/mol. The summed E-state index contributed by atoms with van der Waals surface area (Å²) >= 11 is 0. The first-order valence-electron chi connectivity index (χ1n) is 6.74. The van der Waals surface area contributed by atoms with E-state index in [1.54, 1.807) is 29.3 Å². The third-order valence-corrected chi connectivity index (χ3v) is 3.53. The zero-order valence-electron chi connectivity index (χ0n) is 11.7. The van der Waals surface area contributed by atoms with Gasteiger partial charge in [-0.3, -0.25) is 14.2 Å². The second-order valence-electron chi connectivity index (χ2n) is 5.24. The van der Waals surface area contributed by atoms with Gasteiger partial charge in [-0.2, -0.15) is 10.2 Å². The van der Waals surface area contributed by atoms with Gasteiger partial charge in [0.05, 0.1) is 23.3 Å². The summed E-state index contributed by atoms with van der Waals surface area (Å²) in [4.78, 5) is 16.3. The van der Waals surface area contributed by atoms with E-state index < -0.39 is 0 Å². The molecule has 1 amide bonds. The number of carbonyl (C=O) groups excluding carboxylic acids is 1. The molecule has 0 radical (unpaired) electrons. The molecular formula is C14H17N5O. The summed E-state index contributed by atoms with van der Waals surface area (Å²) in [5.74, 6) is 0.465. The summed E-state index contributed by atoms with van der Waals surface area (Å²) in [6.07, 6.45) is 7.47. The molecule has 0 spiro atoms. The first-order valence-corrected chi connectivity index (χ1v) is 6.74. The number of aryl methyl sites for hydroxylation is 1. The molecule has 0 N–H and O–H groups in total. The maximum Gasteiger partial charge on any atom is 0.281 e. The fraction of sp³-hybridized carbons (Fsp3) is 0.429. The Balaban J connectivity index is 1.85. The van der Waals surface area contributed by atoms with Gasteiger partial charge in [-0.05, 0) is 31.7 Å². The Morgan fingerprint density at radius 3 is 2.85 bits per heavy atom. The zero-order chi connectivity index (χ0) is 14.1. The number of hydrogen-bond acceptors (Lipinski definition) is 3. The molecule has 1 aliphatic rings. The molecule has 6 heteroatoms. The van der Waals surface area contributed by atoms with Gasteiger partial charge in [-0.1, -0.05) is 0 Å². The molecule has 1 aliphatic carbocycles. The van der Waals surface area contributed by atoms with Crippen LogP contribution in [-0.2, 0) is 13.6 Å². The predicted molar refractivity (Wildman–Crippen MR) is 72.8 cm³/mol. The summed E-state index contributed by atoms with van der Waals surface area (Å²) in [5, 5.41) is 8.90. The maximum absolute atomic E-state index is 12.2. The quantitative estimate of drug-likeness (QED) is 0.839. The Hall–Kier alpha value is -2.24. The van der Waals surface area contributed by atoms with Crippen LogP contribution >= 0.6 is 0 Å². The van der Waals surface area contributed by atoms with Crippen molar-refractivity contribution < 1.29 is 4.79 Å². The average Bonchev–Trinajstić information content (AvgIpc) is 3.17. The van der Waals surface area contributed by atoms with Crippen LogP contribution in [0.3, 0.4) is 0 Å². The van der Waals surface area contributed by atoms with E-state index in [-0.39, 0.29) is 5.91 Å². The molecule has 1 saturated carbocycles. The summed E-state index contributed by atoms with van der Waals surface area (Å²) in [5.41, 5.74) is 1.46. The molecule has 104 valence electrons. The van der Waals surface area contributed by atoms with Crippen molar-refractivity contribution in [2.75, 3.05) is 0 Å². The lowest BCUT2D eigenvalue weighted by Gasteiger charge is -2.02. The van der Waals surface area contributed by atoms with Crippen LogP contribution in [-0.4, -0.2) is 25.5 Å². The van der Waals surface area contributed by atoms with Crippen molar-refractivity contribution >= 4 is 5.91 Å². The third-order valence-electron chi connectivity index (χ3n) is 3.53. The van der Waals surface area contributed by atoms with Crippen molar-refractivity contribution in [2.45, 2.75) is 26.3 Å². The molecule has 3 rings (SSSR count). The Morgan fingerprint density at radius 2 is 2.20 bits per heavy atom. The minimum Gasteiger partial charge on any atom is -0.276 e. The van der Waals surface area contributed by atoms with Crippen molar-refractivity contribution in [1.29, 1.82) is 0 Å². The molecule has 0 saturated heterocycles. The number of aromatic nitrogens is 4. The normalized spacial score (nSPS) is 15.6. The highest BCUT2D eigenvalue weighted by molar-refractivity contribution is 5.95. The highest BCUT2D eigenvalue weighted by atomic mass is 16.1. The predicted octanol–water partition coefficient (Wildman–Crippen LogP) is 1.08. The van der Waals surface area contributed by atoms with Crippen molar-refractivity contribution in [2.24, 2.45) is 18.0 Å². The van der Waals surface area contributed by atoms with Crippen LogP contribution in [0.4, 0.5) is 0 Å². The summed E-state index contributed by atoms with van der Waals surface area (Å²) in [6, 6.07) is 1.76. The van der Waals surface area contributed by atoms with Crippen LogP contribution in [0.5, 0.6) is 0 Å². The van der Waals surface area contributed by atoms with Gasteiger partial charge in [0.15, 0.2) is 0 Å². The number of hydrogen-bond donors (Lipinski definition) is 0. The van der Waals surface area contributed by atoms with Gasteiger partial charge in [0.1, 0.15) is 0 Å². The van der Waals surface area contributed by atoms with Crippen LogP contribution < -0.4 is 5.36 Å². The second-order valence-corrected chi connectivity index (χ2v) is 5.24. The summed E-state index contributed by atoms with van der Waals surface area (Å²) < 4.78 is 3.56. The van der Waals surface area contributed by atoms with E-state index in [2.05, 4.69) is 15.2 Å². The zero-order valence-corrected chi connectivity index (χ0v) is 11.7. The van der Waals surface area contributed by atoms with Gasteiger partial charge < -0.3 is 0 Å². The molecule has 2 heterocycles. The molecule has 0 aliphatic heterocycles. The molecule has 1 fully saturated rings. The number of amides is 1. The van der Waals surface area contributed by atoms with Crippen molar-refractivity contribution in [1.82, 2.24) is 19.6 Å². The molecule has 20 heavy (non-hydrogen) atoms. The Morgan fingerprint density at radius 1 is 1.40 bits per heavy atom. The summed E-state index contributed by atoms with van der Waals surface area (Å²) in [6.45, 7) is 2.82. The molecule has 0 bridgehead atoms. The SMILES string of the molecule is Cc1c(C(=O)N=c2ccn(C)nc2)cnn1CC1CC1. The Bertz CT molecular complexity index is 688. The van der Waals surface area contributed by atoms with Gasteiger partial charge >= 0.3 is 0 Å². The van der Waals surface area contributed by atoms with E-state index in [1.807, 2.05) is 18.7 Å². The molecule has 2 aromatic rings. The van der Waals surface area contributed by atoms with E-state index in [4.69, 9.17) is 0 Å². The lowest BCUT2D eigenvalue weighted by molar-refractivity contribution is 0.0997. The van der Waals surface area contributed by atoms with Gasteiger partial charge in [-0.15, -0.1) is 0 Å². The standard InChI is InChI=1S/C14H17N5O/c1-10-13(8-16-19(10)9-11-3-4-11)14(20)17-12-5-6-18(2)15-7-12/h5-8,11H,3-4,9H2,1-2H3. The summed E-state index contributed by atoms with van der Waals surface area (Å²) in [7, 11) is 1.82. The highest BCUT2D eigenvalue weighted by Crippen LogP contribution is 2.30. The first-order chi connectivity index (χ1) is 9.63. The minimum atomic E-state index is -0.264. The monoisotopic (exact) mass is 271 g/mol. The molecule has 6 nitrogen and oxygen atoms in total. The van der Waals surface area contributed by atoms with Crippen LogP contribution in [0.2, 0.25) is 0 Å². The molecule has 0 aromatic carbocycles. The van der Waals surface area contributed by atoms with Crippen LogP contribution in [0.15, 0.2) is 29.6 Å². The first kappa shape index (κ1) is 12.8. The highest BCUT2D eigenvalue weighted by Gasteiger charge is 2.24. The lowest BCUT2D eigenvalue weighted by Crippen LogP contribution is -2.11. The Labute approximate surface area is 116 Å². The van der Waals surface area contributed by atoms with Crippen LogP contribution in [0.25, 0.3) is 0 Å². The van der Waals surface area contributed by atoms with E-state index >= 15 is 0 Å². The maximum atomic E-state index is 12.2. The lowest BCUT2D eigenvalue weighted by atomic mass is 10.2. The van der Waals surface area contributed by atoms with Gasteiger partial charge in [0.25, 0.3) is 5.91 Å². The Kier molecular flexibility index (Phi) is 3.22. The largest absolute Gasteiger partial charge is 0.281 e. The number of rotatable bonds is 3. The van der Waals surface area contributed by atoms with Crippen molar-refractivity contribution in [3.05, 3.63) is 41.3 Å². The fourth-order valence-electron chi connectivity index (χ4n) is 2.05. The van der Waals surface area contributed by atoms with Crippen molar-refractivity contribution in [3.8, 4) is 0 Å². The molecule has 0 atom stereocenters. The van der Waals surface area contributed by atoms with Crippen LogP contribution in [0, 0.1) is 12.8 Å². The molecule has 2 aromatic heterocycles. The van der Waals surface area contributed by atoms with E-state index in [1.165, 1.54) is 12.8 Å². The third kappa shape index (κ3) is 2.68. The van der Waals surface area contributed by atoms with E-state index in [0.29, 0.717) is 10.9 Å². The number of nitrogens with zero attached hydrogens (tertiary/aromatic N) is 5. The van der Waals surface area contributed by atoms with E-state index in [0.717, 1.165) is 18.2 Å².